The van der Waals surface area contributed by atoms with E-state index in [4.69, 9.17) is 9.72 Å². The smallest absolute Gasteiger partial charge is 0.260 e. The lowest BCUT2D eigenvalue weighted by Gasteiger charge is -2.23. The zero-order valence-corrected chi connectivity index (χ0v) is 22.2. The van der Waals surface area contributed by atoms with E-state index in [0.717, 1.165) is 28.6 Å². The first-order valence-corrected chi connectivity index (χ1v) is 13.9. The fraction of sp³-hybridized carbons (Fsp3) is 0.440. The van der Waals surface area contributed by atoms with Crippen molar-refractivity contribution in [3.63, 3.8) is 0 Å². The molecule has 8 nitrogen and oxygen atoms in total. The van der Waals surface area contributed by atoms with Gasteiger partial charge in [0.15, 0.2) is 5.13 Å². The van der Waals surface area contributed by atoms with Gasteiger partial charge in [-0.15, -0.1) is 0 Å². The number of ether oxygens (including phenoxy) is 1. The van der Waals surface area contributed by atoms with Gasteiger partial charge in [0.2, 0.25) is 10.0 Å². The Balaban J connectivity index is 1.57. The highest BCUT2D eigenvalue weighted by atomic mass is 32.2. The maximum Gasteiger partial charge on any atom is 0.260 e. The van der Waals surface area contributed by atoms with Crippen molar-refractivity contribution in [2.24, 2.45) is 0 Å². The van der Waals surface area contributed by atoms with Crippen LogP contribution < -0.4 is 4.90 Å². The number of likely N-dealkylation sites (N-methyl/N-ethyl adjacent to an activating group) is 2. The van der Waals surface area contributed by atoms with Gasteiger partial charge in [-0.2, -0.15) is 4.31 Å². The molecule has 0 saturated carbocycles. The molecular weight excluding hydrogens is 484 g/mol. The molecule has 0 radical (unpaired) electrons. The van der Waals surface area contributed by atoms with Gasteiger partial charge in [-0.05, 0) is 69.8 Å². The molecule has 10 heteroatoms. The van der Waals surface area contributed by atoms with Crippen LogP contribution in [0, 0.1) is 6.92 Å². The normalized spacial score (nSPS) is 16.5. The molecule has 188 valence electrons. The van der Waals surface area contributed by atoms with Crippen LogP contribution in [-0.4, -0.2) is 82.0 Å². The third kappa shape index (κ3) is 5.73. The summed E-state index contributed by atoms with van der Waals surface area (Å²) in [5.41, 5.74) is 2.37. The van der Waals surface area contributed by atoms with E-state index in [0.29, 0.717) is 36.9 Å². The molecular formula is C25H32N4O4S2. The van der Waals surface area contributed by atoms with E-state index in [-0.39, 0.29) is 16.9 Å². The van der Waals surface area contributed by atoms with E-state index < -0.39 is 10.0 Å². The summed E-state index contributed by atoms with van der Waals surface area (Å²) in [6.45, 7) is 4.13. The number of thiazole rings is 1. The summed E-state index contributed by atoms with van der Waals surface area (Å²) >= 11 is 1.48. The van der Waals surface area contributed by atoms with Gasteiger partial charge >= 0.3 is 0 Å². The predicted octanol–water partition coefficient (Wildman–Crippen LogP) is 3.61. The lowest BCUT2D eigenvalue weighted by molar-refractivity contribution is 0.0978. The number of rotatable bonds is 9. The molecule has 0 unspecified atom stereocenters. The highest BCUT2D eigenvalue weighted by molar-refractivity contribution is 7.89. The van der Waals surface area contributed by atoms with Gasteiger partial charge in [0, 0.05) is 38.9 Å². The van der Waals surface area contributed by atoms with Gasteiger partial charge in [-0.1, -0.05) is 23.5 Å². The third-order valence-corrected chi connectivity index (χ3v) is 9.03. The van der Waals surface area contributed by atoms with Crippen molar-refractivity contribution in [3.8, 4) is 0 Å². The van der Waals surface area contributed by atoms with E-state index in [2.05, 4.69) is 0 Å². The molecule has 1 fully saturated rings. The topological polar surface area (TPSA) is 83.1 Å². The number of nitrogens with zero attached hydrogens (tertiary/aromatic N) is 4. The van der Waals surface area contributed by atoms with Crippen LogP contribution in [0.2, 0.25) is 0 Å². The Kier molecular flexibility index (Phi) is 7.87. The van der Waals surface area contributed by atoms with Crippen LogP contribution in [0.3, 0.4) is 0 Å². The number of sulfonamides is 1. The van der Waals surface area contributed by atoms with Gasteiger partial charge in [-0.3, -0.25) is 9.69 Å². The summed E-state index contributed by atoms with van der Waals surface area (Å²) in [5, 5.41) is 0.633. The molecule has 1 atom stereocenters. The molecule has 35 heavy (non-hydrogen) atoms. The van der Waals surface area contributed by atoms with E-state index in [1.54, 1.807) is 24.1 Å². The molecule has 1 saturated heterocycles. The van der Waals surface area contributed by atoms with Crippen LogP contribution in [0.1, 0.15) is 28.8 Å². The second kappa shape index (κ2) is 10.7. The zero-order valence-electron chi connectivity index (χ0n) is 20.6. The average molecular weight is 517 g/mol. The maximum absolute atomic E-state index is 13.5. The minimum atomic E-state index is -3.67. The van der Waals surface area contributed by atoms with Gasteiger partial charge in [0.1, 0.15) is 0 Å². The summed E-state index contributed by atoms with van der Waals surface area (Å²) in [4.78, 5) is 22.1. The van der Waals surface area contributed by atoms with Crippen molar-refractivity contribution in [3.05, 3.63) is 53.6 Å². The minimum Gasteiger partial charge on any atom is -0.377 e. The lowest BCUT2D eigenvalue weighted by atomic mass is 10.2. The molecule has 1 aliphatic heterocycles. The molecule has 0 bridgehead atoms. The minimum absolute atomic E-state index is 0.0710. The Morgan fingerprint density at radius 1 is 1.11 bits per heavy atom. The van der Waals surface area contributed by atoms with Crippen molar-refractivity contribution < 1.29 is 17.9 Å². The summed E-state index contributed by atoms with van der Waals surface area (Å²) < 4.78 is 34.0. The van der Waals surface area contributed by atoms with Crippen molar-refractivity contribution in [1.29, 1.82) is 0 Å². The first-order chi connectivity index (χ1) is 16.7. The number of anilines is 1. The molecule has 1 aliphatic rings. The number of benzene rings is 2. The predicted molar refractivity (Wildman–Crippen MR) is 140 cm³/mol. The highest BCUT2D eigenvalue weighted by Crippen LogP contribution is 2.31. The van der Waals surface area contributed by atoms with Crippen LogP contribution in [0.15, 0.2) is 47.4 Å². The molecule has 2 heterocycles. The van der Waals surface area contributed by atoms with Crippen molar-refractivity contribution in [1.82, 2.24) is 14.2 Å². The number of aryl methyl sites for hydroxylation is 1. The number of hydrogen-bond donors (Lipinski definition) is 0. The number of aromatic nitrogens is 1. The number of fused-ring (bicyclic) bond motifs is 1. The molecule has 0 N–H and O–H groups in total. The Labute approximate surface area is 211 Å². The number of hydrogen-bond acceptors (Lipinski definition) is 7. The largest absolute Gasteiger partial charge is 0.377 e. The fourth-order valence-electron chi connectivity index (χ4n) is 4.05. The van der Waals surface area contributed by atoms with Gasteiger partial charge < -0.3 is 9.64 Å². The summed E-state index contributed by atoms with van der Waals surface area (Å²) in [6.07, 6.45) is 1.74. The Morgan fingerprint density at radius 2 is 1.86 bits per heavy atom. The van der Waals surface area contributed by atoms with Crippen LogP contribution >= 0.6 is 11.3 Å². The van der Waals surface area contributed by atoms with Crippen LogP contribution in [0.25, 0.3) is 10.2 Å². The molecule has 2 aromatic carbocycles. The molecule has 0 aliphatic carbocycles. The first-order valence-electron chi connectivity index (χ1n) is 11.7. The van der Waals surface area contributed by atoms with Crippen LogP contribution in [-0.2, 0) is 14.8 Å². The van der Waals surface area contributed by atoms with E-state index >= 15 is 0 Å². The van der Waals surface area contributed by atoms with Gasteiger partial charge in [0.25, 0.3) is 5.91 Å². The SMILES string of the molecule is Cc1cccc2sc(N(CCN(C)C)C(=O)c3ccc(S(=O)(=O)N(C)C[C@@H]4CCCO4)cc3)nc12. The molecule has 3 aromatic rings. The van der Waals surface area contributed by atoms with E-state index in [1.165, 1.54) is 27.8 Å². The molecule has 4 rings (SSSR count). The highest BCUT2D eigenvalue weighted by Gasteiger charge is 2.27. The second-order valence-electron chi connectivity index (χ2n) is 9.12. The number of carbonyl (C=O) groups excluding carboxylic acids is 1. The Morgan fingerprint density at radius 3 is 2.49 bits per heavy atom. The average Bonchev–Trinajstić information content (AvgIpc) is 3.49. The maximum atomic E-state index is 13.5. The van der Waals surface area contributed by atoms with Crippen molar-refractivity contribution in [2.45, 2.75) is 30.8 Å². The second-order valence-corrected chi connectivity index (χ2v) is 12.2. The fourth-order valence-corrected chi connectivity index (χ4v) is 6.32. The standard InChI is InChI=1S/C25H32N4O4S2/c1-18-7-5-9-22-23(18)26-25(34-22)29(15-14-27(2)3)24(30)19-10-12-21(13-11-19)35(31,32)28(4)17-20-8-6-16-33-20/h5,7,9-13,20H,6,8,14-17H2,1-4H3/t20-/m0/s1. The van der Waals surface area contributed by atoms with E-state index in [1.807, 2.05) is 44.1 Å². The number of amides is 1. The van der Waals surface area contributed by atoms with Crippen LogP contribution in [0.5, 0.6) is 0 Å². The Hall–Kier alpha value is -2.37. The molecule has 1 aromatic heterocycles. The first kappa shape index (κ1) is 25.7. The summed E-state index contributed by atoms with van der Waals surface area (Å²) in [5.74, 6) is -0.208. The molecule has 0 spiro atoms. The van der Waals surface area contributed by atoms with Crippen molar-refractivity contribution >= 4 is 42.6 Å². The summed E-state index contributed by atoms with van der Waals surface area (Å²) in [7, 11) is 1.80. The molecule has 1 amide bonds. The zero-order chi connectivity index (χ0) is 25.2. The third-order valence-electron chi connectivity index (χ3n) is 6.15. The number of para-hydroxylation sites is 1. The monoisotopic (exact) mass is 516 g/mol. The Bertz CT molecular complexity index is 1280. The summed E-state index contributed by atoms with van der Waals surface area (Å²) in [6, 6.07) is 12.2. The van der Waals surface area contributed by atoms with Gasteiger partial charge in [-0.25, -0.2) is 13.4 Å². The van der Waals surface area contributed by atoms with Gasteiger partial charge in [0.05, 0.1) is 21.2 Å². The quantitative estimate of drug-likeness (QED) is 0.432. The number of carbonyl (C=O) groups is 1. The van der Waals surface area contributed by atoms with Crippen molar-refractivity contribution in [2.75, 3.05) is 52.3 Å². The van der Waals surface area contributed by atoms with E-state index in [9.17, 15) is 13.2 Å². The van der Waals surface area contributed by atoms with Crippen LogP contribution in [0.4, 0.5) is 5.13 Å². The lowest BCUT2D eigenvalue weighted by Crippen LogP contribution is -2.37.